The van der Waals surface area contributed by atoms with Crippen molar-refractivity contribution in [3.8, 4) is 0 Å². The Morgan fingerprint density at radius 2 is 1.56 bits per heavy atom. The van der Waals surface area contributed by atoms with Gasteiger partial charge >= 0.3 is 0 Å². The smallest absolute Gasteiger partial charge is 0.243 e. The van der Waals surface area contributed by atoms with Crippen LogP contribution in [-0.2, 0) is 28.3 Å². The fourth-order valence-electron chi connectivity index (χ4n) is 3.84. The number of halogens is 1. The number of benzene rings is 3. The molecular weight excluding hydrogens is 488 g/mol. The highest BCUT2D eigenvalue weighted by Gasteiger charge is 2.32. The zero-order valence-electron chi connectivity index (χ0n) is 21.5. The molecule has 6 heteroatoms. The van der Waals surface area contributed by atoms with Crippen LogP contribution in [0.2, 0.25) is 5.02 Å². The lowest BCUT2D eigenvalue weighted by atomic mass is 10.0. The lowest BCUT2D eigenvalue weighted by Gasteiger charge is -2.34. The summed E-state index contributed by atoms with van der Waals surface area (Å²) < 4.78 is 0. The van der Waals surface area contributed by atoms with E-state index in [1.807, 2.05) is 75.4 Å². The lowest BCUT2D eigenvalue weighted by Crippen LogP contribution is -2.54. The van der Waals surface area contributed by atoms with Gasteiger partial charge in [-0.25, -0.2) is 0 Å². The normalized spacial score (nSPS) is 12.1. The van der Waals surface area contributed by atoms with E-state index >= 15 is 0 Å². The molecule has 190 valence electrons. The zero-order chi connectivity index (χ0) is 26.1. The Kier molecular flexibility index (Phi) is 10.0. The van der Waals surface area contributed by atoms with Crippen molar-refractivity contribution in [3.63, 3.8) is 0 Å². The Bertz CT molecular complexity index is 1140. The molecule has 0 bridgehead atoms. The highest BCUT2D eigenvalue weighted by atomic mass is 35.5. The lowest BCUT2D eigenvalue weighted by molar-refractivity contribution is -0.140. The van der Waals surface area contributed by atoms with Crippen LogP contribution in [0.1, 0.15) is 43.0 Å². The van der Waals surface area contributed by atoms with E-state index in [0.717, 1.165) is 16.9 Å². The Balaban J connectivity index is 1.87. The van der Waals surface area contributed by atoms with Crippen LogP contribution in [-0.4, -0.2) is 34.0 Å². The number of carbonyl (C=O) groups is 2. The predicted octanol–water partition coefficient (Wildman–Crippen LogP) is 6.44. The summed E-state index contributed by atoms with van der Waals surface area (Å²) in [7, 11) is 0. The summed E-state index contributed by atoms with van der Waals surface area (Å²) in [6, 6.07) is 25.0. The molecule has 0 unspecified atom stereocenters. The number of nitrogens with one attached hydrogen (secondary N) is 1. The number of carbonyl (C=O) groups excluding carboxylic acids is 2. The highest BCUT2D eigenvalue weighted by molar-refractivity contribution is 7.99. The van der Waals surface area contributed by atoms with Gasteiger partial charge in [0.2, 0.25) is 11.8 Å². The van der Waals surface area contributed by atoms with Crippen molar-refractivity contribution in [3.05, 3.63) is 106 Å². The molecule has 0 saturated heterocycles. The van der Waals surface area contributed by atoms with E-state index in [9.17, 15) is 9.59 Å². The van der Waals surface area contributed by atoms with E-state index in [-0.39, 0.29) is 24.1 Å². The first-order valence-corrected chi connectivity index (χ1v) is 13.7. The van der Waals surface area contributed by atoms with Crippen LogP contribution in [0.3, 0.4) is 0 Å². The number of thioether (sulfide) groups is 1. The molecule has 0 aliphatic rings. The van der Waals surface area contributed by atoms with E-state index in [1.54, 1.807) is 16.7 Å². The second kappa shape index (κ2) is 13.0. The van der Waals surface area contributed by atoms with Crippen molar-refractivity contribution >= 4 is 35.2 Å². The van der Waals surface area contributed by atoms with Gasteiger partial charge in [-0.3, -0.25) is 9.59 Å². The van der Waals surface area contributed by atoms with Gasteiger partial charge in [0, 0.05) is 29.3 Å². The average Bonchev–Trinajstić information content (AvgIpc) is 2.83. The quantitative estimate of drug-likeness (QED) is 0.333. The molecule has 1 atom stereocenters. The summed E-state index contributed by atoms with van der Waals surface area (Å²) in [5.74, 6) is 0.739. The fraction of sp³-hybridized carbons (Fsp3) is 0.333. The summed E-state index contributed by atoms with van der Waals surface area (Å²) in [4.78, 5) is 28.9. The molecule has 36 heavy (non-hydrogen) atoms. The molecular formula is C30H35ClN2O2S. The summed E-state index contributed by atoms with van der Waals surface area (Å²) in [5.41, 5.74) is 3.76. The first-order valence-electron chi connectivity index (χ1n) is 12.1. The SMILES string of the molecule is Cc1ccc(CSCC(=O)N(Cc2ccccc2Cl)[C@H](Cc2ccccc2)C(=O)NC(C)(C)C)cc1. The van der Waals surface area contributed by atoms with Crippen molar-refractivity contribution in [2.75, 3.05) is 5.75 Å². The van der Waals surface area contributed by atoms with Crippen molar-refractivity contribution < 1.29 is 9.59 Å². The number of amides is 2. The minimum atomic E-state index is -0.671. The molecule has 2 amide bonds. The molecule has 0 aliphatic heterocycles. The molecule has 3 rings (SSSR count). The Labute approximate surface area is 224 Å². The second-order valence-electron chi connectivity index (χ2n) is 10.0. The van der Waals surface area contributed by atoms with Gasteiger partial charge in [0.05, 0.1) is 5.75 Å². The van der Waals surface area contributed by atoms with Crippen LogP contribution in [0.25, 0.3) is 0 Å². The maximum absolute atomic E-state index is 13.7. The maximum atomic E-state index is 13.7. The van der Waals surface area contributed by atoms with Gasteiger partial charge in [-0.1, -0.05) is 90.0 Å². The molecule has 0 aliphatic carbocycles. The summed E-state index contributed by atoms with van der Waals surface area (Å²) in [5, 5.41) is 3.67. The van der Waals surface area contributed by atoms with Crippen LogP contribution in [0, 0.1) is 6.92 Å². The number of hydrogen-bond acceptors (Lipinski definition) is 3. The van der Waals surface area contributed by atoms with Gasteiger partial charge in [0.15, 0.2) is 0 Å². The first-order chi connectivity index (χ1) is 17.1. The molecule has 0 saturated carbocycles. The van der Waals surface area contributed by atoms with E-state index in [4.69, 9.17) is 11.6 Å². The van der Waals surface area contributed by atoms with Gasteiger partial charge < -0.3 is 10.2 Å². The molecule has 3 aromatic rings. The van der Waals surface area contributed by atoms with E-state index in [2.05, 4.69) is 36.5 Å². The number of hydrogen-bond donors (Lipinski definition) is 1. The monoisotopic (exact) mass is 522 g/mol. The molecule has 0 heterocycles. The molecule has 0 radical (unpaired) electrons. The van der Waals surface area contributed by atoms with Crippen molar-refractivity contribution in [1.82, 2.24) is 10.2 Å². The first kappa shape index (κ1) is 27.8. The third-order valence-corrected chi connectivity index (χ3v) is 7.04. The molecule has 0 aromatic heterocycles. The number of aryl methyl sites for hydroxylation is 1. The summed E-state index contributed by atoms with van der Waals surface area (Å²) >= 11 is 8.03. The van der Waals surface area contributed by atoms with E-state index in [0.29, 0.717) is 11.4 Å². The number of nitrogens with zero attached hydrogens (tertiary/aromatic N) is 1. The molecule has 0 spiro atoms. The van der Waals surface area contributed by atoms with Crippen molar-refractivity contribution in [1.29, 1.82) is 0 Å². The van der Waals surface area contributed by atoms with E-state index in [1.165, 1.54) is 11.1 Å². The van der Waals surface area contributed by atoms with Gasteiger partial charge in [-0.15, -0.1) is 11.8 Å². The third kappa shape index (κ3) is 8.72. The second-order valence-corrected chi connectivity index (χ2v) is 11.4. The van der Waals surface area contributed by atoms with Crippen LogP contribution < -0.4 is 5.32 Å². The molecule has 4 nitrogen and oxygen atoms in total. The minimum absolute atomic E-state index is 0.0861. The largest absolute Gasteiger partial charge is 0.350 e. The van der Waals surface area contributed by atoms with Gasteiger partial charge in [-0.05, 0) is 50.5 Å². The van der Waals surface area contributed by atoms with Crippen LogP contribution in [0.4, 0.5) is 0 Å². The van der Waals surface area contributed by atoms with Gasteiger partial charge in [0.1, 0.15) is 6.04 Å². The van der Waals surface area contributed by atoms with Crippen LogP contribution >= 0.6 is 23.4 Å². The fourth-order valence-corrected chi connectivity index (χ4v) is 4.91. The van der Waals surface area contributed by atoms with Crippen molar-refractivity contribution in [2.45, 2.75) is 58.0 Å². The Hall–Kier alpha value is -2.76. The Morgan fingerprint density at radius 1 is 0.917 bits per heavy atom. The van der Waals surface area contributed by atoms with Gasteiger partial charge in [0.25, 0.3) is 0 Å². The van der Waals surface area contributed by atoms with Crippen molar-refractivity contribution in [2.24, 2.45) is 0 Å². The Morgan fingerprint density at radius 3 is 2.19 bits per heavy atom. The standard InChI is InChI=1S/C30H35ClN2O2S/c1-22-14-16-24(17-15-22)20-36-21-28(34)33(19-25-12-8-9-13-26(25)31)27(29(35)32-30(2,3)4)18-23-10-6-5-7-11-23/h5-17,27H,18-21H2,1-4H3,(H,32,35)/t27-/m1/s1. The summed E-state index contributed by atoms with van der Waals surface area (Å²) in [6.07, 6.45) is 0.418. The molecule has 1 N–H and O–H groups in total. The third-order valence-electron chi connectivity index (χ3n) is 5.68. The van der Waals surface area contributed by atoms with Gasteiger partial charge in [-0.2, -0.15) is 0 Å². The number of rotatable bonds is 10. The topological polar surface area (TPSA) is 49.4 Å². The summed E-state index contributed by atoms with van der Waals surface area (Å²) in [6.45, 7) is 8.16. The zero-order valence-corrected chi connectivity index (χ0v) is 23.0. The maximum Gasteiger partial charge on any atom is 0.243 e. The highest BCUT2D eigenvalue weighted by Crippen LogP contribution is 2.22. The predicted molar refractivity (Wildman–Crippen MR) is 151 cm³/mol. The average molecular weight is 523 g/mol. The van der Waals surface area contributed by atoms with Crippen LogP contribution in [0.5, 0.6) is 0 Å². The minimum Gasteiger partial charge on any atom is -0.350 e. The molecule has 3 aromatic carbocycles. The molecule has 0 fully saturated rings. The van der Waals surface area contributed by atoms with Crippen LogP contribution in [0.15, 0.2) is 78.9 Å². The van der Waals surface area contributed by atoms with E-state index < -0.39 is 11.6 Å².